The van der Waals surface area contributed by atoms with Gasteiger partial charge in [0.2, 0.25) is 0 Å². The van der Waals surface area contributed by atoms with Gasteiger partial charge in [0.1, 0.15) is 11.9 Å². The second-order valence-corrected chi connectivity index (χ2v) is 4.31. The van der Waals surface area contributed by atoms with Gasteiger partial charge in [0.05, 0.1) is 18.3 Å². The smallest absolute Gasteiger partial charge is 0.126 e. The molecule has 5 nitrogen and oxygen atoms in total. The quantitative estimate of drug-likeness (QED) is 0.861. The van der Waals surface area contributed by atoms with E-state index in [1.807, 2.05) is 6.07 Å². The molecule has 1 aliphatic rings. The van der Waals surface area contributed by atoms with Gasteiger partial charge in [-0.2, -0.15) is 5.26 Å². The van der Waals surface area contributed by atoms with Gasteiger partial charge in [-0.05, 0) is 18.7 Å². The Balaban J connectivity index is 1.81. The molecule has 0 radical (unpaired) electrons. The summed E-state index contributed by atoms with van der Waals surface area (Å²) in [6.45, 7) is 6.74. The number of morpholine rings is 1. The van der Waals surface area contributed by atoms with Crippen LogP contribution in [0.25, 0.3) is 0 Å². The molecule has 1 saturated heterocycles. The second-order valence-electron chi connectivity index (χ2n) is 4.31. The number of nitrogens with one attached hydrogen (secondary N) is 1. The molecule has 0 bridgehead atoms. The number of hydrogen-bond donors (Lipinski definition) is 1. The van der Waals surface area contributed by atoms with Crippen LogP contribution in [0.1, 0.15) is 12.5 Å². The lowest BCUT2D eigenvalue weighted by Crippen LogP contribution is -2.45. The summed E-state index contributed by atoms with van der Waals surface area (Å²) >= 11 is 0. The molecule has 1 N–H and O–H groups in total. The maximum Gasteiger partial charge on any atom is 0.126 e. The first-order valence-electron chi connectivity index (χ1n) is 6.25. The fourth-order valence-corrected chi connectivity index (χ4v) is 1.97. The number of anilines is 1. The van der Waals surface area contributed by atoms with Crippen LogP contribution in [0.3, 0.4) is 0 Å². The van der Waals surface area contributed by atoms with Crippen molar-refractivity contribution in [3.63, 3.8) is 0 Å². The normalized spacial score (nSPS) is 20.3. The van der Waals surface area contributed by atoms with E-state index < -0.39 is 0 Å². The largest absolute Gasteiger partial charge is 0.374 e. The summed E-state index contributed by atoms with van der Waals surface area (Å²) in [5.74, 6) is 0.784. The van der Waals surface area contributed by atoms with Crippen LogP contribution in [0.15, 0.2) is 18.3 Å². The van der Waals surface area contributed by atoms with Crippen molar-refractivity contribution in [1.29, 1.82) is 5.26 Å². The van der Waals surface area contributed by atoms with Crippen molar-refractivity contribution in [1.82, 2.24) is 9.88 Å². The summed E-state index contributed by atoms with van der Waals surface area (Å²) in [7, 11) is 0. The number of rotatable bonds is 4. The Hall–Kier alpha value is -1.64. The van der Waals surface area contributed by atoms with Gasteiger partial charge >= 0.3 is 0 Å². The van der Waals surface area contributed by atoms with E-state index in [9.17, 15) is 0 Å². The molecule has 0 saturated carbocycles. The average Bonchev–Trinajstić information content (AvgIpc) is 2.46. The highest BCUT2D eigenvalue weighted by atomic mass is 16.5. The number of pyridine rings is 1. The minimum absolute atomic E-state index is 0.205. The van der Waals surface area contributed by atoms with Gasteiger partial charge < -0.3 is 10.1 Å². The van der Waals surface area contributed by atoms with E-state index in [1.54, 1.807) is 12.3 Å². The summed E-state index contributed by atoms with van der Waals surface area (Å²) in [4.78, 5) is 6.55. The Morgan fingerprint density at radius 3 is 3.17 bits per heavy atom. The fraction of sp³-hybridized carbons (Fsp3) is 0.538. The van der Waals surface area contributed by atoms with Crippen LogP contribution in [0, 0.1) is 11.3 Å². The average molecular weight is 246 g/mol. The molecule has 0 spiro atoms. The van der Waals surface area contributed by atoms with Gasteiger partial charge in [-0.25, -0.2) is 4.98 Å². The zero-order chi connectivity index (χ0) is 12.8. The van der Waals surface area contributed by atoms with Crippen LogP contribution >= 0.6 is 0 Å². The van der Waals surface area contributed by atoms with E-state index in [0.29, 0.717) is 5.56 Å². The van der Waals surface area contributed by atoms with Crippen molar-refractivity contribution in [3.8, 4) is 6.07 Å². The molecular weight excluding hydrogens is 228 g/mol. The highest BCUT2D eigenvalue weighted by molar-refractivity contribution is 5.38. The van der Waals surface area contributed by atoms with Gasteiger partial charge in [-0.15, -0.1) is 0 Å². The third kappa shape index (κ3) is 3.42. The summed E-state index contributed by atoms with van der Waals surface area (Å²) in [6.07, 6.45) is 1.78. The number of likely N-dealkylation sites (N-methyl/N-ethyl adjacent to an activating group) is 1. The SMILES string of the molecule is CCN1CCO[C@H](CNc2ccc(C#N)cn2)C1. The van der Waals surface area contributed by atoms with Crippen LogP contribution in [0.4, 0.5) is 5.82 Å². The second kappa shape index (κ2) is 6.34. The number of aromatic nitrogens is 1. The van der Waals surface area contributed by atoms with E-state index in [4.69, 9.17) is 10.00 Å². The predicted molar refractivity (Wildman–Crippen MR) is 69.3 cm³/mol. The molecule has 96 valence electrons. The minimum atomic E-state index is 0.205. The molecule has 0 unspecified atom stereocenters. The number of ether oxygens (including phenoxy) is 1. The van der Waals surface area contributed by atoms with Crippen molar-refractivity contribution < 1.29 is 4.74 Å². The van der Waals surface area contributed by atoms with E-state index in [-0.39, 0.29) is 6.10 Å². The molecule has 1 aliphatic heterocycles. The molecule has 2 rings (SSSR count). The highest BCUT2D eigenvalue weighted by Crippen LogP contribution is 2.08. The van der Waals surface area contributed by atoms with Crippen molar-refractivity contribution in [3.05, 3.63) is 23.9 Å². The van der Waals surface area contributed by atoms with E-state index in [1.165, 1.54) is 0 Å². The molecule has 0 amide bonds. The van der Waals surface area contributed by atoms with Crippen LogP contribution in [-0.4, -0.2) is 48.8 Å². The molecule has 1 aromatic heterocycles. The lowest BCUT2D eigenvalue weighted by Gasteiger charge is -2.32. The van der Waals surface area contributed by atoms with Gasteiger partial charge in [0.25, 0.3) is 0 Å². The lowest BCUT2D eigenvalue weighted by molar-refractivity contribution is -0.0192. The van der Waals surface area contributed by atoms with Crippen LogP contribution in [0.5, 0.6) is 0 Å². The monoisotopic (exact) mass is 246 g/mol. The maximum atomic E-state index is 8.68. The molecule has 2 heterocycles. The Morgan fingerprint density at radius 2 is 2.50 bits per heavy atom. The summed E-state index contributed by atoms with van der Waals surface area (Å²) < 4.78 is 5.69. The Morgan fingerprint density at radius 1 is 1.61 bits per heavy atom. The van der Waals surface area contributed by atoms with Crippen molar-refractivity contribution in [2.24, 2.45) is 0 Å². The fourth-order valence-electron chi connectivity index (χ4n) is 1.97. The van der Waals surface area contributed by atoms with Crippen LogP contribution < -0.4 is 5.32 Å². The third-order valence-electron chi connectivity index (χ3n) is 3.07. The molecule has 1 atom stereocenters. The molecule has 0 aromatic carbocycles. The zero-order valence-electron chi connectivity index (χ0n) is 10.6. The number of nitrogens with zero attached hydrogens (tertiary/aromatic N) is 3. The summed E-state index contributed by atoms with van der Waals surface area (Å²) in [5.41, 5.74) is 0.576. The van der Waals surface area contributed by atoms with Crippen molar-refractivity contribution in [2.75, 3.05) is 38.1 Å². The topological polar surface area (TPSA) is 61.2 Å². The van der Waals surface area contributed by atoms with Crippen molar-refractivity contribution >= 4 is 5.82 Å². The minimum Gasteiger partial charge on any atom is -0.374 e. The molecule has 18 heavy (non-hydrogen) atoms. The van der Waals surface area contributed by atoms with Gasteiger partial charge in [0, 0.05) is 25.8 Å². The van der Waals surface area contributed by atoms with E-state index >= 15 is 0 Å². The molecule has 0 aliphatic carbocycles. The maximum absolute atomic E-state index is 8.68. The lowest BCUT2D eigenvalue weighted by atomic mass is 10.2. The standard InChI is InChI=1S/C13H18N4O/c1-2-17-5-6-18-12(10-17)9-16-13-4-3-11(7-14)8-15-13/h3-4,8,12H,2,5-6,9-10H2,1H3,(H,15,16)/t12-/m1/s1. The van der Waals surface area contributed by atoms with Crippen molar-refractivity contribution in [2.45, 2.75) is 13.0 Å². The van der Waals surface area contributed by atoms with Gasteiger partial charge in [-0.1, -0.05) is 6.92 Å². The highest BCUT2D eigenvalue weighted by Gasteiger charge is 2.18. The zero-order valence-corrected chi connectivity index (χ0v) is 10.6. The van der Waals surface area contributed by atoms with E-state index in [2.05, 4.69) is 28.2 Å². The first kappa shape index (κ1) is 12.8. The number of hydrogen-bond acceptors (Lipinski definition) is 5. The molecular formula is C13H18N4O. The molecule has 5 heteroatoms. The van der Waals surface area contributed by atoms with Gasteiger partial charge in [-0.3, -0.25) is 4.90 Å². The summed E-state index contributed by atoms with van der Waals surface area (Å²) in [5, 5.41) is 11.9. The Kier molecular flexibility index (Phi) is 4.51. The van der Waals surface area contributed by atoms with Crippen LogP contribution in [-0.2, 0) is 4.74 Å². The van der Waals surface area contributed by atoms with Gasteiger partial charge in [0.15, 0.2) is 0 Å². The summed E-state index contributed by atoms with van der Waals surface area (Å²) in [6, 6.07) is 5.63. The predicted octanol–water partition coefficient (Wildman–Crippen LogP) is 1.09. The Bertz CT molecular complexity index is 412. The first-order valence-corrected chi connectivity index (χ1v) is 6.25. The van der Waals surface area contributed by atoms with Crippen LogP contribution in [0.2, 0.25) is 0 Å². The third-order valence-corrected chi connectivity index (χ3v) is 3.07. The Labute approximate surface area is 107 Å². The molecule has 1 aromatic rings. The molecule has 1 fully saturated rings. The number of nitriles is 1. The first-order chi connectivity index (χ1) is 8.81. The van der Waals surface area contributed by atoms with E-state index in [0.717, 1.165) is 38.6 Å².